The summed E-state index contributed by atoms with van der Waals surface area (Å²) in [5.41, 5.74) is 6.26. The molecule has 0 spiro atoms. The molecule has 0 bridgehead atoms. The first-order chi connectivity index (χ1) is 12.0. The van der Waals surface area contributed by atoms with Crippen LogP contribution in [0.4, 0.5) is 17.3 Å². The molecule has 25 heavy (non-hydrogen) atoms. The molecule has 1 aliphatic rings. The maximum absolute atomic E-state index is 12.6. The smallest absolute Gasteiger partial charge is 0.269 e. The molecule has 3 rings (SSSR count). The third-order valence-electron chi connectivity index (χ3n) is 3.71. The van der Waals surface area contributed by atoms with Gasteiger partial charge in [0, 0.05) is 10.7 Å². The summed E-state index contributed by atoms with van der Waals surface area (Å²) in [6.07, 6.45) is -0.174. The van der Waals surface area contributed by atoms with Crippen LogP contribution in [0.3, 0.4) is 0 Å². The highest BCUT2D eigenvalue weighted by Gasteiger charge is 2.35. The Balaban J connectivity index is 1.83. The van der Waals surface area contributed by atoms with Gasteiger partial charge in [-0.1, -0.05) is 24.6 Å². The van der Waals surface area contributed by atoms with Crippen LogP contribution in [-0.2, 0) is 9.59 Å². The van der Waals surface area contributed by atoms with Gasteiger partial charge >= 0.3 is 0 Å². The van der Waals surface area contributed by atoms with E-state index in [2.05, 4.69) is 10.3 Å². The zero-order chi connectivity index (χ0) is 18.0. The number of nitrogen functional groups attached to an aromatic ring is 1. The van der Waals surface area contributed by atoms with Gasteiger partial charge in [-0.05, 0) is 36.8 Å². The molecular weight excluding hydrogens is 344 g/mol. The maximum Gasteiger partial charge on any atom is 0.269 e. The van der Waals surface area contributed by atoms with E-state index in [0.717, 1.165) is 0 Å². The number of pyridine rings is 1. The molecule has 1 aliphatic heterocycles. The minimum atomic E-state index is -0.656. The fourth-order valence-electron chi connectivity index (χ4n) is 2.54. The molecule has 0 fully saturated rings. The molecule has 0 saturated heterocycles. The fourth-order valence-corrected chi connectivity index (χ4v) is 2.73. The van der Waals surface area contributed by atoms with Gasteiger partial charge in [0.15, 0.2) is 17.7 Å². The number of nitrogens with zero attached hydrogens (tertiary/aromatic N) is 2. The van der Waals surface area contributed by atoms with Gasteiger partial charge in [-0.3, -0.25) is 14.5 Å². The first-order valence-corrected chi connectivity index (χ1v) is 8.15. The minimum absolute atomic E-state index is 0.200. The zero-order valence-electron chi connectivity index (χ0n) is 13.5. The van der Waals surface area contributed by atoms with Crippen molar-refractivity contribution in [1.29, 1.82) is 0 Å². The van der Waals surface area contributed by atoms with Crippen LogP contribution in [-0.4, -0.2) is 29.4 Å². The maximum atomic E-state index is 12.6. The molecule has 8 heteroatoms. The summed E-state index contributed by atoms with van der Waals surface area (Å²) in [6.45, 7) is 1.64. The van der Waals surface area contributed by atoms with Gasteiger partial charge in [0.25, 0.3) is 5.91 Å². The van der Waals surface area contributed by atoms with Gasteiger partial charge in [0.05, 0.1) is 0 Å². The van der Waals surface area contributed by atoms with Crippen molar-refractivity contribution >= 4 is 40.7 Å². The number of ether oxygens (including phenoxy) is 1. The van der Waals surface area contributed by atoms with Crippen molar-refractivity contribution in [1.82, 2.24) is 4.98 Å². The highest BCUT2D eigenvalue weighted by Crippen LogP contribution is 2.33. The number of hydrogen-bond donors (Lipinski definition) is 2. The number of carbonyl (C=O) groups excluding carboxylic acids is 2. The Labute approximate surface area is 149 Å². The first-order valence-electron chi connectivity index (χ1n) is 7.78. The lowest BCUT2D eigenvalue weighted by Gasteiger charge is -2.32. The molecule has 7 nitrogen and oxygen atoms in total. The normalized spacial score (nSPS) is 16.2. The Morgan fingerprint density at radius 2 is 2.20 bits per heavy atom. The Hall–Kier alpha value is -2.80. The van der Waals surface area contributed by atoms with Gasteiger partial charge in [-0.25, -0.2) is 4.98 Å². The molecule has 1 aromatic carbocycles. The minimum Gasteiger partial charge on any atom is -0.477 e. The van der Waals surface area contributed by atoms with E-state index in [1.807, 2.05) is 6.92 Å². The van der Waals surface area contributed by atoms with Gasteiger partial charge in [-0.2, -0.15) is 0 Å². The van der Waals surface area contributed by atoms with Crippen molar-refractivity contribution in [2.45, 2.75) is 19.4 Å². The molecule has 2 aromatic rings. The topological polar surface area (TPSA) is 97.6 Å². The number of amides is 2. The second kappa shape index (κ2) is 6.98. The average Bonchev–Trinajstić information content (AvgIpc) is 2.57. The summed E-state index contributed by atoms with van der Waals surface area (Å²) >= 11 is 5.91. The highest BCUT2D eigenvalue weighted by molar-refractivity contribution is 6.30. The number of nitrogens with one attached hydrogen (secondary N) is 1. The van der Waals surface area contributed by atoms with Crippen LogP contribution in [0.1, 0.15) is 13.3 Å². The molecule has 1 atom stereocenters. The van der Waals surface area contributed by atoms with Crippen LogP contribution >= 0.6 is 11.6 Å². The number of hydrogen-bond acceptors (Lipinski definition) is 5. The second-order valence-electron chi connectivity index (χ2n) is 5.56. The molecule has 1 aromatic heterocycles. The Kier molecular flexibility index (Phi) is 4.76. The summed E-state index contributed by atoms with van der Waals surface area (Å²) in [7, 11) is 0. The SMILES string of the molecule is CCC1Oc2ccc(N)nc2N(CC(=O)Nc2cccc(Cl)c2)C1=O. The predicted octanol–water partition coefficient (Wildman–Crippen LogP) is 2.46. The molecule has 3 N–H and O–H groups in total. The van der Waals surface area contributed by atoms with Crippen LogP contribution in [0.15, 0.2) is 36.4 Å². The van der Waals surface area contributed by atoms with E-state index in [4.69, 9.17) is 22.1 Å². The third-order valence-corrected chi connectivity index (χ3v) is 3.94. The molecule has 2 amide bonds. The number of halogens is 1. The number of carbonyl (C=O) groups is 2. The summed E-state index contributed by atoms with van der Waals surface area (Å²) in [5.74, 6) is 0.217. The van der Waals surface area contributed by atoms with E-state index in [1.54, 1.807) is 36.4 Å². The molecule has 130 valence electrons. The quantitative estimate of drug-likeness (QED) is 0.872. The molecule has 1 unspecified atom stereocenters. The number of benzene rings is 1. The number of anilines is 3. The Bertz CT molecular complexity index is 827. The van der Waals surface area contributed by atoms with E-state index < -0.39 is 6.10 Å². The van der Waals surface area contributed by atoms with Crippen LogP contribution in [0.25, 0.3) is 0 Å². The van der Waals surface area contributed by atoms with E-state index in [9.17, 15) is 9.59 Å². The van der Waals surface area contributed by atoms with E-state index in [0.29, 0.717) is 22.9 Å². The molecule has 0 saturated carbocycles. The summed E-state index contributed by atoms with van der Waals surface area (Å²) < 4.78 is 5.64. The molecule has 0 radical (unpaired) electrons. The molecular formula is C17H17ClN4O3. The Morgan fingerprint density at radius 3 is 2.92 bits per heavy atom. The standard InChI is InChI=1S/C17H17ClN4O3/c1-2-12-17(24)22(16-13(25-12)6-7-14(19)21-16)9-15(23)20-11-5-3-4-10(18)8-11/h3-8,12H,2,9H2,1H3,(H2,19,21)(H,20,23). The lowest BCUT2D eigenvalue weighted by Crippen LogP contribution is -2.49. The van der Waals surface area contributed by atoms with Crippen molar-refractivity contribution in [2.75, 3.05) is 22.5 Å². The lowest BCUT2D eigenvalue weighted by molar-refractivity contribution is -0.128. The van der Waals surface area contributed by atoms with Crippen LogP contribution in [0.5, 0.6) is 5.75 Å². The van der Waals surface area contributed by atoms with Gasteiger partial charge in [0.1, 0.15) is 12.4 Å². The van der Waals surface area contributed by atoms with Crippen molar-refractivity contribution in [3.63, 3.8) is 0 Å². The number of rotatable bonds is 4. The van der Waals surface area contributed by atoms with E-state index in [-0.39, 0.29) is 30.0 Å². The van der Waals surface area contributed by atoms with E-state index >= 15 is 0 Å². The van der Waals surface area contributed by atoms with Crippen molar-refractivity contribution in [3.05, 3.63) is 41.4 Å². The van der Waals surface area contributed by atoms with Gasteiger partial charge in [-0.15, -0.1) is 0 Å². The van der Waals surface area contributed by atoms with Crippen LogP contribution < -0.4 is 20.7 Å². The summed E-state index contributed by atoms with van der Waals surface area (Å²) in [4.78, 5) is 30.4. The fraction of sp³-hybridized carbons (Fsp3) is 0.235. The van der Waals surface area contributed by atoms with Crippen molar-refractivity contribution in [2.24, 2.45) is 0 Å². The van der Waals surface area contributed by atoms with E-state index in [1.165, 1.54) is 4.90 Å². The van der Waals surface area contributed by atoms with Crippen LogP contribution in [0, 0.1) is 0 Å². The summed E-state index contributed by atoms with van der Waals surface area (Å²) in [6, 6.07) is 10.0. The lowest BCUT2D eigenvalue weighted by atomic mass is 10.2. The number of aromatic nitrogens is 1. The van der Waals surface area contributed by atoms with Crippen LogP contribution in [0.2, 0.25) is 5.02 Å². The van der Waals surface area contributed by atoms with Crippen molar-refractivity contribution < 1.29 is 14.3 Å². The van der Waals surface area contributed by atoms with Gasteiger partial charge in [0.2, 0.25) is 5.91 Å². The average molecular weight is 361 g/mol. The number of fused-ring (bicyclic) bond motifs is 1. The highest BCUT2D eigenvalue weighted by atomic mass is 35.5. The number of nitrogens with two attached hydrogens (primary N) is 1. The van der Waals surface area contributed by atoms with Crippen molar-refractivity contribution in [3.8, 4) is 5.75 Å². The predicted molar refractivity (Wildman–Crippen MR) is 95.8 cm³/mol. The summed E-state index contributed by atoms with van der Waals surface area (Å²) in [5, 5.41) is 3.22. The monoisotopic (exact) mass is 360 g/mol. The molecule has 0 aliphatic carbocycles. The first kappa shape index (κ1) is 17.0. The Morgan fingerprint density at radius 1 is 1.40 bits per heavy atom. The third kappa shape index (κ3) is 3.66. The zero-order valence-corrected chi connectivity index (χ0v) is 14.3. The largest absolute Gasteiger partial charge is 0.477 e. The second-order valence-corrected chi connectivity index (χ2v) is 5.99. The van der Waals surface area contributed by atoms with Gasteiger partial charge < -0.3 is 15.8 Å². The molecule has 2 heterocycles.